The van der Waals surface area contributed by atoms with Crippen molar-refractivity contribution in [3.8, 4) is 11.8 Å². The maximum Gasteiger partial charge on any atom is 0.357 e. The van der Waals surface area contributed by atoms with Crippen molar-refractivity contribution in [3.05, 3.63) is 101 Å². The van der Waals surface area contributed by atoms with Crippen LogP contribution >= 0.6 is 0 Å². The van der Waals surface area contributed by atoms with Gasteiger partial charge in [-0.25, -0.2) is 22.4 Å². The van der Waals surface area contributed by atoms with E-state index in [9.17, 15) is 22.4 Å². The van der Waals surface area contributed by atoms with Crippen molar-refractivity contribution in [1.82, 2.24) is 5.48 Å². The summed E-state index contributed by atoms with van der Waals surface area (Å²) < 4.78 is 44.3. The molecule has 3 aromatic carbocycles. The van der Waals surface area contributed by atoms with Gasteiger partial charge in [-0.05, 0) is 67.4 Å². The van der Waals surface area contributed by atoms with Gasteiger partial charge in [0.25, 0.3) is 0 Å². The number of hydrogen-bond donors (Lipinski definition) is 1. The predicted molar refractivity (Wildman–Crippen MR) is 134 cm³/mol. The highest BCUT2D eigenvalue weighted by Crippen LogP contribution is 2.24. The summed E-state index contributed by atoms with van der Waals surface area (Å²) in [4.78, 5) is 30.5. The number of benzene rings is 3. The van der Waals surface area contributed by atoms with Crippen molar-refractivity contribution in [1.29, 1.82) is 5.26 Å². The zero-order chi connectivity index (χ0) is 27.0. The Balaban J connectivity index is 1.66. The first-order chi connectivity index (χ1) is 17.6. The number of esters is 1. The molecule has 2 unspecified atom stereocenters. The minimum Gasteiger partial charge on any atom is -0.423 e. The van der Waals surface area contributed by atoms with Gasteiger partial charge < -0.3 is 9.57 Å². The van der Waals surface area contributed by atoms with Gasteiger partial charge in [-0.1, -0.05) is 31.2 Å². The summed E-state index contributed by atoms with van der Waals surface area (Å²) in [6.07, 6.45) is 0.334. The van der Waals surface area contributed by atoms with Crippen LogP contribution in [0.15, 0.2) is 72.8 Å². The van der Waals surface area contributed by atoms with Crippen molar-refractivity contribution in [3.63, 3.8) is 0 Å². The summed E-state index contributed by atoms with van der Waals surface area (Å²) in [5.74, 6) is -2.45. The first-order valence-corrected chi connectivity index (χ1v) is 13.1. The van der Waals surface area contributed by atoms with E-state index in [4.69, 9.17) is 14.8 Å². The Morgan fingerprint density at radius 1 is 0.973 bits per heavy atom. The molecule has 2 atom stereocenters. The molecule has 0 amide bonds. The quantitative estimate of drug-likeness (QED) is 0.233. The van der Waals surface area contributed by atoms with Gasteiger partial charge in [0.15, 0.2) is 9.84 Å². The lowest BCUT2D eigenvalue weighted by Gasteiger charge is -2.20. The Hall–Kier alpha value is -4.07. The molecular weight excluding hydrogens is 499 g/mol. The number of nitrogens with one attached hydrogen (secondary N) is 1. The van der Waals surface area contributed by atoms with Crippen LogP contribution in [0.1, 0.15) is 57.4 Å². The summed E-state index contributed by atoms with van der Waals surface area (Å²) in [6.45, 7) is 3.29. The van der Waals surface area contributed by atoms with Crippen LogP contribution in [-0.4, -0.2) is 32.2 Å². The number of halogens is 1. The highest BCUT2D eigenvalue weighted by atomic mass is 32.2. The normalized spacial score (nSPS) is 12.7. The maximum atomic E-state index is 13.1. The van der Waals surface area contributed by atoms with Gasteiger partial charge in [0.2, 0.25) is 0 Å². The molecule has 0 fully saturated rings. The molecule has 37 heavy (non-hydrogen) atoms. The van der Waals surface area contributed by atoms with E-state index in [1.165, 1.54) is 36.4 Å². The van der Waals surface area contributed by atoms with Crippen molar-refractivity contribution < 1.29 is 32.0 Å². The molecule has 0 aliphatic heterocycles. The van der Waals surface area contributed by atoms with E-state index >= 15 is 0 Å². The van der Waals surface area contributed by atoms with Gasteiger partial charge in [0.1, 0.15) is 11.6 Å². The molecule has 3 rings (SSSR count). The first kappa shape index (κ1) is 27.5. The zero-order valence-electron chi connectivity index (χ0n) is 20.2. The van der Waals surface area contributed by atoms with Gasteiger partial charge in [-0.2, -0.15) is 5.26 Å². The number of carbonyl (C=O) groups is 2. The molecule has 0 spiro atoms. The van der Waals surface area contributed by atoms with E-state index < -0.39 is 38.9 Å². The Kier molecular flexibility index (Phi) is 9.11. The van der Waals surface area contributed by atoms with E-state index in [2.05, 4.69) is 5.48 Å². The van der Waals surface area contributed by atoms with Crippen LogP contribution in [0.2, 0.25) is 0 Å². The van der Waals surface area contributed by atoms with Gasteiger partial charge in [0.05, 0.1) is 39.8 Å². The number of hydroxylamine groups is 1. The standard InChI is InChI=1S/C27H25FN2O6S/c1-3-22(17-37(33,34)18(2)20-10-8-19(16-29)9-11-20)30-36-27(32)25-7-5-4-6-24(25)26(31)35-23-14-12-21(28)13-15-23/h4-15,18,22,30H,3,17H2,1-2H3. The third-order valence-electron chi connectivity index (χ3n) is 5.68. The summed E-state index contributed by atoms with van der Waals surface area (Å²) in [7, 11) is -3.65. The maximum absolute atomic E-state index is 13.1. The molecule has 0 heterocycles. The Bertz CT molecular complexity index is 1400. The minimum absolute atomic E-state index is 0.0752. The number of rotatable bonds is 10. The molecule has 3 aromatic rings. The number of carbonyl (C=O) groups excluding carboxylic acids is 2. The third-order valence-corrected chi connectivity index (χ3v) is 7.90. The number of nitrogens with zero attached hydrogens (tertiary/aromatic N) is 1. The highest BCUT2D eigenvalue weighted by Gasteiger charge is 2.27. The molecule has 192 valence electrons. The second-order valence-corrected chi connectivity index (χ2v) is 10.6. The van der Waals surface area contributed by atoms with Crippen LogP contribution in [-0.2, 0) is 14.7 Å². The number of ether oxygens (including phenoxy) is 1. The van der Waals surface area contributed by atoms with E-state index in [1.807, 2.05) is 6.07 Å². The van der Waals surface area contributed by atoms with Crippen molar-refractivity contribution in [2.45, 2.75) is 31.6 Å². The second kappa shape index (κ2) is 12.3. The molecule has 8 nitrogen and oxygen atoms in total. The van der Waals surface area contributed by atoms with Gasteiger partial charge >= 0.3 is 11.9 Å². The fraction of sp³-hybridized carbons (Fsp3) is 0.222. The topological polar surface area (TPSA) is 123 Å². The average molecular weight is 525 g/mol. The lowest BCUT2D eigenvalue weighted by molar-refractivity contribution is 0.0167. The third kappa shape index (κ3) is 7.22. The fourth-order valence-electron chi connectivity index (χ4n) is 3.39. The number of nitriles is 1. The molecule has 0 aromatic heterocycles. The van der Waals surface area contributed by atoms with E-state index in [0.717, 1.165) is 12.1 Å². The first-order valence-electron chi connectivity index (χ1n) is 11.4. The summed E-state index contributed by atoms with van der Waals surface area (Å²) in [5, 5.41) is 8.09. The fourth-order valence-corrected chi connectivity index (χ4v) is 5.12. The van der Waals surface area contributed by atoms with Crippen molar-refractivity contribution >= 4 is 21.8 Å². The van der Waals surface area contributed by atoms with Crippen LogP contribution in [0, 0.1) is 17.1 Å². The van der Waals surface area contributed by atoms with Crippen molar-refractivity contribution in [2.24, 2.45) is 0 Å². The van der Waals surface area contributed by atoms with Gasteiger partial charge in [-0.15, -0.1) is 5.48 Å². The highest BCUT2D eigenvalue weighted by molar-refractivity contribution is 7.91. The Morgan fingerprint density at radius 3 is 2.14 bits per heavy atom. The van der Waals surface area contributed by atoms with E-state index in [-0.39, 0.29) is 22.6 Å². The summed E-state index contributed by atoms with van der Waals surface area (Å²) in [5.41, 5.74) is 3.31. The molecule has 0 aliphatic rings. The molecule has 0 saturated carbocycles. The van der Waals surface area contributed by atoms with Crippen LogP contribution in [0.3, 0.4) is 0 Å². The monoisotopic (exact) mass is 524 g/mol. The lowest BCUT2D eigenvalue weighted by Crippen LogP contribution is -2.38. The van der Waals surface area contributed by atoms with Crippen LogP contribution in [0.5, 0.6) is 5.75 Å². The van der Waals surface area contributed by atoms with Gasteiger partial charge in [-0.3, -0.25) is 0 Å². The lowest BCUT2D eigenvalue weighted by atomic mass is 10.1. The number of hydrogen-bond acceptors (Lipinski definition) is 8. The second-order valence-electron chi connectivity index (χ2n) is 8.21. The molecule has 0 radical (unpaired) electrons. The van der Waals surface area contributed by atoms with Crippen LogP contribution in [0.25, 0.3) is 0 Å². The summed E-state index contributed by atoms with van der Waals surface area (Å²) >= 11 is 0. The largest absolute Gasteiger partial charge is 0.423 e. The molecule has 0 saturated heterocycles. The van der Waals surface area contributed by atoms with Gasteiger partial charge in [0, 0.05) is 0 Å². The minimum atomic E-state index is -3.65. The SMILES string of the molecule is CCC(CS(=O)(=O)C(C)c1ccc(C#N)cc1)NOC(=O)c1ccccc1C(=O)Oc1ccc(F)cc1. The van der Waals surface area contributed by atoms with Crippen molar-refractivity contribution in [2.75, 3.05) is 5.75 Å². The zero-order valence-corrected chi connectivity index (χ0v) is 21.0. The predicted octanol–water partition coefficient (Wildman–Crippen LogP) is 4.53. The van der Waals surface area contributed by atoms with E-state index in [0.29, 0.717) is 17.5 Å². The van der Waals surface area contributed by atoms with E-state index in [1.54, 1.807) is 38.1 Å². The molecule has 0 bridgehead atoms. The number of sulfone groups is 1. The average Bonchev–Trinajstić information content (AvgIpc) is 2.91. The molecule has 0 aliphatic carbocycles. The molecule has 1 N–H and O–H groups in total. The Morgan fingerprint density at radius 2 is 1.57 bits per heavy atom. The summed E-state index contributed by atoms with van der Waals surface area (Å²) in [6, 6.07) is 18.2. The van der Waals surface area contributed by atoms with Crippen LogP contribution < -0.4 is 10.2 Å². The van der Waals surface area contributed by atoms with Crippen LogP contribution in [0.4, 0.5) is 4.39 Å². The smallest absolute Gasteiger partial charge is 0.357 e. The molecular formula is C27H25FN2O6S. The Labute approximate surface area is 214 Å². The molecule has 10 heteroatoms.